The van der Waals surface area contributed by atoms with E-state index in [4.69, 9.17) is 0 Å². The highest BCUT2D eigenvalue weighted by Crippen LogP contribution is 2.42. The van der Waals surface area contributed by atoms with E-state index in [0.717, 1.165) is 28.7 Å². The largest absolute Gasteiger partial charge is 0.375 e. The molecular weight excluding hydrogens is 542 g/mol. The number of ether oxygens (including phenoxy) is 1. The number of alkyl halides is 3. The molecule has 3 aliphatic rings. The molecule has 0 N–H and O–H groups in total. The molecule has 0 spiro atoms. The molecule has 1 atom stereocenters. The molecule has 12 heteroatoms. The summed E-state index contributed by atoms with van der Waals surface area (Å²) in [5.74, 6) is -3.32. The number of halogens is 4. The van der Waals surface area contributed by atoms with Gasteiger partial charge in [-0.3, -0.25) is 13.9 Å². The van der Waals surface area contributed by atoms with E-state index in [1.807, 2.05) is 33.4 Å². The molecule has 1 fully saturated rings. The number of benzene rings is 1. The summed E-state index contributed by atoms with van der Waals surface area (Å²) in [5, 5.41) is 0.528. The SMILES string of the molecule is CC1(F)CN(C(=O)N2CCn3cc(C4=C(c5cnc6ccccn56)CCC4=O)c4cc(F)cc(c43)C2)CC(F)(F)O1. The van der Waals surface area contributed by atoms with E-state index in [-0.39, 0.29) is 25.4 Å². The van der Waals surface area contributed by atoms with Crippen molar-refractivity contribution in [1.82, 2.24) is 23.8 Å². The molecule has 2 aliphatic heterocycles. The number of carbonyl (C=O) groups is 2. The number of pyridine rings is 1. The number of Topliss-reactive ketones (excluding diaryl/α,β-unsaturated/α-hetero) is 1. The second-order valence-corrected chi connectivity index (χ2v) is 10.9. The molecule has 8 nitrogen and oxygen atoms in total. The number of carbonyl (C=O) groups excluding carboxylic acids is 2. The zero-order valence-electron chi connectivity index (χ0n) is 22.0. The van der Waals surface area contributed by atoms with Crippen molar-refractivity contribution in [3.8, 4) is 0 Å². The molecule has 0 bridgehead atoms. The number of allylic oxidation sites excluding steroid dienone is 2. The molecule has 2 amide bonds. The third-order valence-electron chi connectivity index (χ3n) is 7.92. The van der Waals surface area contributed by atoms with E-state index < -0.39 is 36.9 Å². The number of aromatic nitrogens is 3. The lowest BCUT2D eigenvalue weighted by molar-refractivity contribution is -0.354. The molecule has 212 valence electrons. The van der Waals surface area contributed by atoms with Crippen LogP contribution < -0.4 is 0 Å². The van der Waals surface area contributed by atoms with E-state index in [9.17, 15) is 22.8 Å². The zero-order valence-corrected chi connectivity index (χ0v) is 22.0. The Morgan fingerprint density at radius 2 is 1.90 bits per heavy atom. The summed E-state index contributed by atoms with van der Waals surface area (Å²) in [7, 11) is 0. The molecule has 4 aromatic rings. The molecule has 3 aromatic heterocycles. The molecule has 1 unspecified atom stereocenters. The van der Waals surface area contributed by atoms with Crippen LogP contribution in [0.15, 0.2) is 48.9 Å². The van der Waals surface area contributed by atoms with Crippen LogP contribution in [0.2, 0.25) is 0 Å². The van der Waals surface area contributed by atoms with Crippen LogP contribution in [0.3, 0.4) is 0 Å². The first-order valence-electron chi connectivity index (χ1n) is 13.3. The number of morpholine rings is 1. The molecule has 7 rings (SSSR count). The van der Waals surface area contributed by atoms with Gasteiger partial charge in [-0.2, -0.15) is 8.78 Å². The van der Waals surface area contributed by atoms with E-state index >= 15 is 4.39 Å². The van der Waals surface area contributed by atoms with Gasteiger partial charge < -0.3 is 14.4 Å². The van der Waals surface area contributed by atoms with Gasteiger partial charge in [-0.05, 0) is 48.7 Å². The first-order chi connectivity index (χ1) is 19.5. The molecule has 5 heterocycles. The number of imidazole rings is 1. The van der Waals surface area contributed by atoms with Crippen LogP contribution in [0.5, 0.6) is 0 Å². The summed E-state index contributed by atoms with van der Waals surface area (Å²) in [6.07, 6.45) is 2.41. The molecule has 41 heavy (non-hydrogen) atoms. The van der Waals surface area contributed by atoms with Gasteiger partial charge in [0.15, 0.2) is 5.78 Å². The molecule has 0 radical (unpaired) electrons. The van der Waals surface area contributed by atoms with Gasteiger partial charge in [-0.15, -0.1) is 0 Å². The maximum absolute atomic E-state index is 15.1. The van der Waals surface area contributed by atoms with Crippen LogP contribution in [0.1, 0.15) is 36.6 Å². The van der Waals surface area contributed by atoms with Crippen LogP contribution in [0, 0.1) is 5.82 Å². The fourth-order valence-electron chi connectivity index (χ4n) is 6.37. The Morgan fingerprint density at radius 1 is 1.07 bits per heavy atom. The minimum atomic E-state index is -3.84. The molecule has 1 saturated heterocycles. The van der Waals surface area contributed by atoms with Crippen molar-refractivity contribution in [1.29, 1.82) is 0 Å². The highest BCUT2D eigenvalue weighted by molar-refractivity contribution is 6.33. The second-order valence-electron chi connectivity index (χ2n) is 10.9. The van der Waals surface area contributed by atoms with Crippen molar-refractivity contribution in [3.63, 3.8) is 0 Å². The van der Waals surface area contributed by atoms with Gasteiger partial charge in [0.1, 0.15) is 18.0 Å². The fourth-order valence-corrected chi connectivity index (χ4v) is 6.37. The van der Waals surface area contributed by atoms with Crippen LogP contribution in [-0.4, -0.2) is 67.2 Å². The number of nitrogens with zero attached hydrogens (tertiary/aromatic N) is 5. The standard InChI is InChI=1S/C29H25F4N5O3/c1-28(31)15-37(16-29(32,33)41-28)27(40)36-9-8-35-14-21(20-11-18(30)10-17(13-36)26(20)35)25-19(5-6-23(25)39)22-12-34-24-4-2-3-7-38(22)24/h2-4,7,10-12,14H,5-6,8-9,13,15-16H2,1H3. The van der Waals surface area contributed by atoms with Gasteiger partial charge in [-0.25, -0.2) is 18.6 Å². The van der Waals surface area contributed by atoms with Crippen molar-refractivity contribution in [3.05, 3.63) is 71.6 Å². The second kappa shape index (κ2) is 8.90. The summed E-state index contributed by atoms with van der Waals surface area (Å²) in [6.45, 7) is -0.589. The Morgan fingerprint density at radius 3 is 2.71 bits per heavy atom. The maximum atomic E-state index is 15.1. The van der Waals surface area contributed by atoms with E-state index in [2.05, 4.69) is 9.72 Å². The predicted octanol–water partition coefficient (Wildman–Crippen LogP) is 5.25. The van der Waals surface area contributed by atoms with Crippen molar-refractivity contribution in [2.75, 3.05) is 19.6 Å². The number of amides is 2. The lowest BCUT2D eigenvalue weighted by Gasteiger charge is -2.41. The fraction of sp³-hybridized carbons (Fsp3) is 0.345. The van der Waals surface area contributed by atoms with Crippen LogP contribution >= 0.6 is 0 Å². The van der Waals surface area contributed by atoms with Gasteiger partial charge in [0.05, 0.1) is 24.0 Å². The first kappa shape index (κ1) is 25.8. The van der Waals surface area contributed by atoms with E-state index in [1.165, 1.54) is 17.0 Å². The monoisotopic (exact) mass is 567 g/mol. The highest BCUT2D eigenvalue weighted by Gasteiger charge is 2.50. The minimum Gasteiger partial charge on any atom is -0.345 e. The summed E-state index contributed by atoms with van der Waals surface area (Å²) < 4.78 is 65.6. The zero-order chi connectivity index (χ0) is 28.7. The highest BCUT2D eigenvalue weighted by atomic mass is 19.3. The smallest absolute Gasteiger partial charge is 0.345 e. The van der Waals surface area contributed by atoms with Crippen LogP contribution in [0.25, 0.3) is 27.7 Å². The minimum absolute atomic E-state index is 0.0490. The number of fused-ring (bicyclic) bond motifs is 1. The van der Waals surface area contributed by atoms with Gasteiger partial charge >= 0.3 is 12.1 Å². The third-order valence-corrected chi connectivity index (χ3v) is 7.92. The number of urea groups is 1. The first-order valence-corrected chi connectivity index (χ1v) is 13.3. The van der Waals surface area contributed by atoms with Crippen LogP contribution in [0.4, 0.5) is 22.4 Å². The van der Waals surface area contributed by atoms with Gasteiger partial charge in [0.25, 0.3) is 0 Å². The van der Waals surface area contributed by atoms with Crippen molar-refractivity contribution >= 4 is 39.5 Å². The van der Waals surface area contributed by atoms with Crippen molar-refractivity contribution in [2.45, 2.75) is 44.8 Å². The average molecular weight is 568 g/mol. The van der Waals surface area contributed by atoms with Crippen molar-refractivity contribution < 1.29 is 31.9 Å². The number of hydrogen-bond acceptors (Lipinski definition) is 4. The molecule has 1 aliphatic carbocycles. The average Bonchev–Trinajstić information content (AvgIpc) is 3.55. The normalized spacial score (nSPS) is 22.7. The van der Waals surface area contributed by atoms with E-state index in [0.29, 0.717) is 40.4 Å². The van der Waals surface area contributed by atoms with Crippen LogP contribution in [-0.2, 0) is 22.6 Å². The van der Waals surface area contributed by atoms with Gasteiger partial charge in [0.2, 0.25) is 5.85 Å². The maximum Gasteiger partial charge on any atom is 0.375 e. The Kier molecular flexibility index (Phi) is 5.59. The number of rotatable bonds is 2. The predicted molar refractivity (Wildman–Crippen MR) is 141 cm³/mol. The molecular formula is C29H25F4N5O3. The number of hydrogen-bond donors (Lipinski definition) is 0. The summed E-state index contributed by atoms with van der Waals surface area (Å²) >= 11 is 0. The molecule has 0 saturated carbocycles. The Labute approximate surface area is 231 Å². The van der Waals surface area contributed by atoms with Crippen molar-refractivity contribution in [2.24, 2.45) is 0 Å². The van der Waals surface area contributed by atoms with E-state index in [1.54, 1.807) is 12.4 Å². The lowest BCUT2D eigenvalue weighted by atomic mass is 9.98. The summed E-state index contributed by atoms with van der Waals surface area (Å²) in [6, 6.07) is 7.53. The Bertz CT molecular complexity index is 1770. The third kappa shape index (κ3) is 4.28. The Hall–Kier alpha value is -4.19. The Balaban J connectivity index is 1.30. The quantitative estimate of drug-likeness (QED) is 0.311. The lowest BCUT2D eigenvalue weighted by Crippen LogP contribution is -2.59. The summed E-state index contributed by atoms with van der Waals surface area (Å²) in [5.41, 5.74) is 4.61. The van der Waals surface area contributed by atoms with Gasteiger partial charge in [-0.1, -0.05) is 6.07 Å². The topological polar surface area (TPSA) is 72.1 Å². The number of ketones is 1. The van der Waals surface area contributed by atoms with Gasteiger partial charge in [0, 0.05) is 55.0 Å². The summed E-state index contributed by atoms with van der Waals surface area (Å²) in [4.78, 5) is 33.1. The molecule has 1 aromatic carbocycles.